The van der Waals surface area contributed by atoms with Gasteiger partial charge in [-0.1, -0.05) is 30.2 Å². The van der Waals surface area contributed by atoms with Gasteiger partial charge in [0, 0.05) is 25.7 Å². The molecule has 11 heteroatoms. The number of unbranched alkanes of at least 4 members (excludes halogenated alkanes) is 1. The number of ether oxygens (including phenoxy) is 2. The zero-order chi connectivity index (χ0) is 27.9. The second kappa shape index (κ2) is 12.7. The summed E-state index contributed by atoms with van der Waals surface area (Å²) < 4.78 is 52.6. The molecule has 1 heterocycles. The van der Waals surface area contributed by atoms with Gasteiger partial charge in [0.2, 0.25) is 0 Å². The van der Waals surface area contributed by atoms with Gasteiger partial charge in [-0.05, 0) is 61.9 Å². The van der Waals surface area contributed by atoms with E-state index >= 15 is 0 Å². The zero-order valence-electron chi connectivity index (χ0n) is 21.3. The minimum Gasteiger partial charge on any atom is -0.497 e. The van der Waals surface area contributed by atoms with Gasteiger partial charge in [0.25, 0.3) is 17.4 Å². The van der Waals surface area contributed by atoms with E-state index in [1.54, 1.807) is 18.2 Å². The SMILES string of the molecule is CNC(=O)c1ccc(OCCCCC2CCN(C(=O)C(O)(c3cccc(OC)c3)C(F)(F)F)CC2)cc1Cl. The van der Waals surface area contributed by atoms with E-state index in [4.69, 9.17) is 21.1 Å². The number of piperidine rings is 1. The molecule has 208 valence electrons. The van der Waals surface area contributed by atoms with Gasteiger partial charge in [-0.25, -0.2) is 0 Å². The van der Waals surface area contributed by atoms with Gasteiger partial charge >= 0.3 is 6.18 Å². The second-order valence-corrected chi connectivity index (χ2v) is 9.65. The summed E-state index contributed by atoms with van der Waals surface area (Å²) >= 11 is 6.13. The van der Waals surface area contributed by atoms with Crippen LogP contribution in [0.1, 0.15) is 48.0 Å². The molecule has 1 atom stereocenters. The summed E-state index contributed by atoms with van der Waals surface area (Å²) in [7, 11) is 2.82. The van der Waals surface area contributed by atoms with E-state index in [1.807, 2.05) is 0 Å². The highest BCUT2D eigenvalue weighted by molar-refractivity contribution is 6.34. The number of halogens is 4. The molecule has 1 aliphatic heterocycles. The lowest BCUT2D eigenvalue weighted by Gasteiger charge is -2.38. The lowest BCUT2D eigenvalue weighted by atomic mass is 9.87. The number of methoxy groups -OCH3 is 1. The Morgan fingerprint density at radius 1 is 1.11 bits per heavy atom. The van der Waals surface area contributed by atoms with Gasteiger partial charge < -0.3 is 24.8 Å². The van der Waals surface area contributed by atoms with Crippen LogP contribution in [-0.2, 0) is 10.4 Å². The van der Waals surface area contributed by atoms with Gasteiger partial charge in [-0.2, -0.15) is 13.2 Å². The van der Waals surface area contributed by atoms with Crippen LogP contribution in [0.3, 0.4) is 0 Å². The van der Waals surface area contributed by atoms with Crippen LogP contribution in [0.25, 0.3) is 0 Å². The first-order chi connectivity index (χ1) is 18.0. The van der Waals surface area contributed by atoms with Crippen molar-refractivity contribution < 1.29 is 37.3 Å². The normalized spacial score (nSPS) is 16.0. The fraction of sp³-hybridized carbons (Fsp3) is 0.481. The van der Waals surface area contributed by atoms with Crippen molar-refractivity contribution in [1.29, 1.82) is 0 Å². The zero-order valence-corrected chi connectivity index (χ0v) is 22.1. The van der Waals surface area contributed by atoms with Gasteiger partial charge in [0.1, 0.15) is 11.5 Å². The first-order valence-corrected chi connectivity index (χ1v) is 12.8. The minimum absolute atomic E-state index is 0.115. The van der Waals surface area contributed by atoms with Gasteiger partial charge in [0.15, 0.2) is 0 Å². The molecule has 2 aromatic rings. The first-order valence-electron chi connectivity index (χ1n) is 12.4. The van der Waals surface area contributed by atoms with Crippen molar-refractivity contribution in [2.45, 2.75) is 43.9 Å². The number of carbonyl (C=O) groups is 2. The number of likely N-dealkylation sites (tertiary alicyclic amines) is 1. The van der Waals surface area contributed by atoms with Crippen molar-refractivity contribution in [2.24, 2.45) is 5.92 Å². The highest BCUT2D eigenvalue weighted by Crippen LogP contribution is 2.42. The maximum atomic E-state index is 14.0. The summed E-state index contributed by atoms with van der Waals surface area (Å²) in [6.45, 7) is 0.725. The molecule has 2 amide bonds. The van der Waals surface area contributed by atoms with Crippen LogP contribution >= 0.6 is 11.6 Å². The molecule has 1 unspecified atom stereocenters. The summed E-state index contributed by atoms with van der Waals surface area (Å²) in [5.41, 5.74) is -3.85. The van der Waals surface area contributed by atoms with E-state index in [1.165, 1.54) is 26.3 Å². The molecule has 0 aliphatic carbocycles. The second-order valence-electron chi connectivity index (χ2n) is 9.24. The molecule has 38 heavy (non-hydrogen) atoms. The van der Waals surface area contributed by atoms with Crippen molar-refractivity contribution in [2.75, 3.05) is 33.9 Å². The largest absolute Gasteiger partial charge is 0.497 e. The van der Waals surface area contributed by atoms with Crippen LogP contribution in [0, 0.1) is 5.92 Å². The number of hydrogen-bond donors (Lipinski definition) is 2. The van der Waals surface area contributed by atoms with E-state index in [2.05, 4.69) is 5.32 Å². The predicted molar refractivity (Wildman–Crippen MR) is 136 cm³/mol. The molecule has 1 saturated heterocycles. The van der Waals surface area contributed by atoms with Crippen LogP contribution in [-0.4, -0.2) is 61.9 Å². The van der Waals surface area contributed by atoms with Crippen LogP contribution in [0.2, 0.25) is 5.02 Å². The smallest absolute Gasteiger partial charge is 0.430 e. The number of rotatable bonds is 10. The molecule has 0 aromatic heterocycles. The number of nitrogens with zero attached hydrogens (tertiary/aromatic N) is 1. The molecule has 2 aromatic carbocycles. The Morgan fingerprint density at radius 3 is 2.42 bits per heavy atom. The highest BCUT2D eigenvalue weighted by atomic mass is 35.5. The quantitative estimate of drug-likeness (QED) is 0.405. The van der Waals surface area contributed by atoms with Crippen LogP contribution in [0.4, 0.5) is 13.2 Å². The Bertz CT molecular complexity index is 1120. The monoisotopic (exact) mass is 556 g/mol. The summed E-state index contributed by atoms with van der Waals surface area (Å²) in [4.78, 5) is 25.8. The Morgan fingerprint density at radius 2 is 1.82 bits per heavy atom. The van der Waals surface area contributed by atoms with E-state index in [0.29, 0.717) is 35.8 Å². The summed E-state index contributed by atoms with van der Waals surface area (Å²) in [5, 5.41) is 13.5. The van der Waals surface area contributed by atoms with Gasteiger partial charge in [0.05, 0.1) is 24.3 Å². The molecular formula is C27H32ClF3N2O5. The van der Waals surface area contributed by atoms with Crippen LogP contribution < -0.4 is 14.8 Å². The number of aliphatic hydroxyl groups is 1. The Balaban J connectivity index is 1.48. The molecule has 2 N–H and O–H groups in total. The standard InChI is InChI=1S/C27H32ClF3N2O5/c1-32-24(34)22-10-9-21(17-23(22)28)38-15-4-3-6-18-11-13-33(14-12-18)25(35)26(36,27(29,30)31)19-7-5-8-20(16-19)37-2/h5,7-10,16-18,36H,3-4,6,11-15H2,1-2H3,(H,32,34). The Hall–Kier alpha value is -2.98. The molecule has 0 spiro atoms. The number of hydrogen-bond acceptors (Lipinski definition) is 5. The maximum absolute atomic E-state index is 14.0. The number of alkyl halides is 3. The molecule has 0 radical (unpaired) electrons. The highest BCUT2D eigenvalue weighted by Gasteiger charge is 2.62. The molecule has 1 fully saturated rings. The van der Waals surface area contributed by atoms with E-state index in [-0.39, 0.29) is 30.7 Å². The van der Waals surface area contributed by atoms with Crippen molar-refractivity contribution >= 4 is 23.4 Å². The average Bonchev–Trinajstić information content (AvgIpc) is 2.91. The topological polar surface area (TPSA) is 88.1 Å². The fourth-order valence-electron chi connectivity index (χ4n) is 4.54. The van der Waals surface area contributed by atoms with Gasteiger partial charge in [-0.3, -0.25) is 9.59 Å². The summed E-state index contributed by atoms with van der Waals surface area (Å²) in [5.74, 6) is -0.715. The third-order valence-electron chi connectivity index (χ3n) is 6.80. The van der Waals surface area contributed by atoms with Crippen molar-refractivity contribution in [1.82, 2.24) is 10.2 Å². The minimum atomic E-state index is -5.19. The van der Waals surface area contributed by atoms with E-state index in [0.717, 1.165) is 36.3 Å². The van der Waals surface area contributed by atoms with E-state index < -0.39 is 23.2 Å². The van der Waals surface area contributed by atoms with E-state index in [9.17, 15) is 27.9 Å². The average molecular weight is 557 g/mol. The first kappa shape index (κ1) is 29.6. The summed E-state index contributed by atoms with van der Waals surface area (Å²) in [6, 6.07) is 9.72. The van der Waals surface area contributed by atoms with Crippen molar-refractivity contribution in [3.05, 3.63) is 58.6 Å². The molecule has 1 aliphatic rings. The molecule has 0 saturated carbocycles. The number of amides is 2. The molecule has 7 nitrogen and oxygen atoms in total. The number of nitrogens with one attached hydrogen (secondary N) is 1. The van der Waals surface area contributed by atoms with Gasteiger partial charge in [-0.15, -0.1) is 0 Å². The third-order valence-corrected chi connectivity index (χ3v) is 7.11. The number of benzene rings is 2. The lowest BCUT2D eigenvalue weighted by Crippen LogP contribution is -2.57. The van der Waals surface area contributed by atoms with Crippen molar-refractivity contribution in [3.8, 4) is 11.5 Å². The Kier molecular flexibility index (Phi) is 9.89. The third kappa shape index (κ3) is 6.71. The Labute approximate surface area is 224 Å². The predicted octanol–water partition coefficient (Wildman–Crippen LogP) is 4.95. The lowest BCUT2D eigenvalue weighted by molar-refractivity contribution is -0.262. The van der Waals surface area contributed by atoms with Crippen molar-refractivity contribution in [3.63, 3.8) is 0 Å². The summed E-state index contributed by atoms with van der Waals surface area (Å²) in [6.07, 6.45) is -1.64. The molecule has 3 rings (SSSR count). The van der Waals surface area contributed by atoms with Crippen LogP contribution in [0.15, 0.2) is 42.5 Å². The fourth-order valence-corrected chi connectivity index (χ4v) is 4.80. The van der Waals surface area contributed by atoms with Crippen LogP contribution in [0.5, 0.6) is 11.5 Å². The number of carbonyl (C=O) groups excluding carboxylic acids is 2. The molecular weight excluding hydrogens is 525 g/mol. The maximum Gasteiger partial charge on any atom is 0.430 e. The molecule has 0 bridgehead atoms.